The second kappa shape index (κ2) is 3.93. The van der Waals surface area contributed by atoms with Crippen LogP contribution >= 0.6 is 0 Å². The second-order valence-corrected chi connectivity index (χ2v) is 7.22. The summed E-state index contributed by atoms with van der Waals surface area (Å²) in [7, 11) is 2.47. The lowest BCUT2D eigenvalue weighted by molar-refractivity contribution is 0.271. The van der Waals surface area contributed by atoms with Gasteiger partial charge < -0.3 is 0 Å². The molecule has 3 rings (SSSR count). The van der Waals surface area contributed by atoms with Gasteiger partial charge in [0.05, 0.1) is 0 Å². The zero-order valence-corrected chi connectivity index (χ0v) is 10.9. The average Bonchev–Trinajstić information content (AvgIpc) is 2.79. The zero-order valence-electron chi connectivity index (χ0n) is 10.9. The minimum Gasteiger partial charge on any atom is -0.0848 e. The number of fused-ring (bicyclic) bond motifs is 5. The van der Waals surface area contributed by atoms with Crippen LogP contribution in [0, 0.1) is 23.7 Å². The molecule has 0 radical (unpaired) electrons. The molecule has 2 bridgehead atoms. The van der Waals surface area contributed by atoms with Crippen molar-refractivity contribution in [2.24, 2.45) is 23.7 Å². The van der Waals surface area contributed by atoms with Crippen LogP contribution in [-0.4, -0.2) is 7.85 Å². The summed E-state index contributed by atoms with van der Waals surface area (Å²) in [6.07, 6.45) is 15.5. The summed E-state index contributed by atoms with van der Waals surface area (Å²) in [5.41, 5.74) is 0. The highest BCUT2D eigenvalue weighted by Gasteiger charge is 2.43. The first-order chi connectivity index (χ1) is 7.66. The van der Waals surface area contributed by atoms with Gasteiger partial charge in [0.25, 0.3) is 0 Å². The summed E-state index contributed by atoms with van der Waals surface area (Å²) in [6, 6.07) is 0. The zero-order chi connectivity index (χ0) is 11.2. The van der Waals surface area contributed by atoms with Gasteiger partial charge in [0.15, 0.2) is 0 Å². The minimum absolute atomic E-state index is 0.616. The molecule has 2 fully saturated rings. The smallest absolute Gasteiger partial charge is 0.0848 e. The molecule has 0 saturated heterocycles. The van der Waals surface area contributed by atoms with E-state index in [2.05, 4.69) is 26.9 Å². The van der Waals surface area contributed by atoms with Crippen molar-refractivity contribution in [1.82, 2.24) is 0 Å². The molecule has 0 spiro atoms. The Balaban J connectivity index is 1.72. The van der Waals surface area contributed by atoms with E-state index in [1.165, 1.54) is 44.9 Å². The van der Waals surface area contributed by atoms with Gasteiger partial charge in [-0.2, -0.15) is 0 Å². The molecular weight excluding hydrogens is 191 g/mol. The van der Waals surface area contributed by atoms with Crippen LogP contribution in [0.15, 0.2) is 12.2 Å². The molecule has 0 aromatic heterocycles. The molecular formula is C15H25B. The first kappa shape index (κ1) is 10.9. The standard InChI is InChI=1S/C15H25B/c1-15(16)8-2-4-13-11-6-7-12(10-11)14(13)5-3-9-15/h6-7,11-14H,2-5,8-10,16H2,1H3. The predicted molar refractivity (Wildman–Crippen MR) is 72.3 cm³/mol. The third kappa shape index (κ3) is 1.87. The Morgan fingerprint density at radius 1 is 1.00 bits per heavy atom. The van der Waals surface area contributed by atoms with Gasteiger partial charge in [0, 0.05) is 0 Å². The Kier molecular flexibility index (Phi) is 2.68. The van der Waals surface area contributed by atoms with Crippen LogP contribution in [0.4, 0.5) is 0 Å². The maximum absolute atomic E-state index is 2.54. The molecule has 0 aromatic carbocycles. The normalized spacial score (nSPS) is 51.8. The van der Waals surface area contributed by atoms with Crippen LogP contribution in [0.1, 0.15) is 51.9 Å². The second-order valence-electron chi connectivity index (χ2n) is 7.22. The molecule has 0 N–H and O–H groups in total. The lowest BCUT2D eigenvalue weighted by Crippen LogP contribution is -2.19. The summed E-state index contributed by atoms with van der Waals surface area (Å²) in [4.78, 5) is 0. The molecule has 0 heterocycles. The van der Waals surface area contributed by atoms with Gasteiger partial charge in [0.2, 0.25) is 0 Å². The maximum atomic E-state index is 2.54. The molecule has 0 amide bonds. The summed E-state index contributed by atoms with van der Waals surface area (Å²) < 4.78 is 0. The van der Waals surface area contributed by atoms with Gasteiger partial charge in [-0.05, 0) is 42.9 Å². The summed E-state index contributed by atoms with van der Waals surface area (Å²) in [5.74, 6) is 4.06. The fraction of sp³-hybridized carbons (Fsp3) is 0.867. The van der Waals surface area contributed by atoms with E-state index >= 15 is 0 Å². The molecule has 3 aliphatic rings. The highest BCUT2D eigenvalue weighted by atomic mass is 14.5. The third-order valence-electron chi connectivity index (χ3n) is 5.58. The Bertz CT molecular complexity index is 266. The van der Waals surface area contributed by atoms with E-state index in [0.717, 1.165) is 23.7 Å². The topological polar surface area (TPSA) is 0 Å². The first-order valence-electron chi connectivity index (χ1n) is 7.34. The van der Waals surface area contributed by atoms with Gasteiger partial charge in [0.1, 0.15) is 7.85 Å². The lowest BCUT2D eigenvalue weighted by atomic mass is 9.64. The fourth-order valence-electron chi connectivity index (χ4n) is 4.64. The van der Waals surface area contributed by atoms with E-state index in [1.807, 2.05) is 0 Å². The van der Waals surface area contributed by atoms with Gasteiger partial charge in [-0.1, -0.05) is 50.1 Å². The van der Waals surface area contributed by atoms with E-state index in [1.54, 1.807) is 0 Å². The van der Waals surface area contributed by atoms with Crippen molar-refractivity contribution >= 4 is 7.85 Å². The van der Waals surface area contributed by atoms with E-state index in [-0.39, 0.29) is 0 Å². The van der Waals surface area contributed by atoms with Crippen molar-refractivity contribution in [1.29, 1.82) is 0 Å². The van der Waals surface area contributed by atoms with E-state index in [4.69, 9.17) is 0 Å². The average molecular weight is 216 g/mol. The van der Waals surface area contributed by atoms with Crippen LogP contribution in [-0.2, 0) is 0 Å². The van der Waals surface area contributed by atoms with Crippen molar-refractivity contribution in [3.63, 3.8) is 0 Å². The molecule has 0 aliphatic heterocycles. The monoisotopic (exact) mass is 216 g/mol. The van der Waals surface area contributed by atoms with Crippen molar-refractivity contribution in [2.45, 2.75) is 57.2 Å². The van der Waals surface area contributed by atoms with Crippen molar-refractivity contribution in [3.05, 3.63) is 12.2 Å². The Morgan fingerprint density at radius 2 is 1.50 bits per heavy atom. The molecule has 0 nitrogen and oxygen atoms in total. The molecule has 88 valence electrons. The molecule has 0 aromatic rings. The number of allylic oxidation sites excluding steroid dienone is 2. The molecule has 16 heavy (non-hydrogen) atoms. The van der Waals surface area contributed by atoms with E-state index in [0.29, 0.717) is 5.31 Å². The predicted octanol–water partition coefficient (Wildman–Crippen LogP) is 3.59. The van der Waals surface area contributed by atoms with Crippen LogP contribution in [0.2, 0.25) is 5.31 Å². The largest absolute Gasteiger partial charge is 0.109 e. The first-order valence-corrected chi connectivity index (χ1v) is 7.34. The molecule has 1 heteroatoms. The van der Waals surface area contributed by atoms with Crippen LogP contribution in [0.3, 0.4) is 0 Å². The molecule has 3 aliphatic carbocycles. The lowest BCUT2D eigenvalue weighted by Gasteiger charge is -2.27. The third-order valence-corrected chi connectivity index (χ3v) is 5.58. The molecule has 2 saturated carbocycles. The van der Waals surface area contributed by atoms with Gasteiger partial charge in [-0.25, -0.2) is 0 Å². The highest BCUT2D eigenvalue weighted by Crippen LogP contribution is 2.53. The van der Waals surface area contributed by atoms with Crippen LogP contribution in [0.5, 0.6) is 0 Å². The summed E-state index contributed by atoms with van der Waals surface area (Å²) in [6.45, 7) is 2.47. The van der Waals surface area contributed by atoms with E-state index < -0.39 is 0 Å². The van der Waals surface area contributed by atoms with Gasteiger partial charge in [-0.15, -0.1) is 0 Å². The van der Waals surface area contributed by atoms with Crippen molar-refractivity contribution < 1.29 is 0 Å². The maximum Gasteiger partial charge on any atom is 0.109 e. The Morgan fingerprint density at radius 3 is 2.00 bits per heavy atom. The summed E-state index contributed by atoms with van der Waals surface area (Å²) >= 11 is 0. The van der Waals surface area contributed by atoms with Gasteiger partial charge >= 0.3 is 0 Å². The quantitative estimate of drug-likeness (QED) is 0.428. The van der Waals surface area contributed by atoms with Crippen molar-refractivity contribution in [2.75, 3.05) is 0 Å². The molecule has 4 atom stereocenters. The number of rotatable bonds is 0. The number of hydrogen-bond acceptors (Lipinski definition) is 0. The minimum atomic E-state index is 0.616. The highest BCUT2D eigenvalue weighted by molar-refractivity contribution is 6.14. The molecule has 4 unspecified atom stereocenters. The van der Waals surface area contributed by atoms with Crippen molar-refractivity contribution in [3.8, 4) is 0 Å². The SMILES string of the molecule is BC1(C)CCCC2C3C=CC(C3)C2CCC1. The number of hydrogen-bond donors (Lipinski definition) is 0. The summed E-state index contributed by atoms with van der Waals surface area (Å²) in [5, 5.41) is 0.616. The van der Waals surface area contributed by atoms with E-state index in [9.17, 15) is 0 Å². The Hall–Kier alpha value is -0.195. The Labute approximate surface area is 101 Å². The fourth-order valence-corrected chi connectivity index (χ4v) is 4.64. The van der Waals surface area contributed by atoms with Crippen LogP contribution < -0.4 is 0 Å². The van der Waals surface area contributed by atoms with Crippen LogP contribution in [0.25, 0.3) is 0 Å². The van der Waals surface area contributed by atoms with Gasteiger partial charge in [-0.3, -0.25) is 0 Å².